The third-order valence-electron chi connectivity index (χ3n) is 3.30. The molecule has 0 bridgehead atoms. The van der Waals surface area contributed by atoms with Crippen LogP contribution in [0.3, 0.4) is 0 Å². The Morgan fingerprint density at radius 2 is 1.88 bits per heavy atom. The van der Waals surface area contributed by atoms with Crippen LogP contribution in [0.4, 0.5) is 5.69 Å². The summed E-state index contributed by atoms with van der Waals surface area (Å²) >= 11 is 0. The molecular formula is C15H22N2. The molecule has 0 unspecified atom stereocenters. The normalized spacial score (nSPS) is 22.0. The first kappa shape index (κ1) is 12.2. The molecule has 0 aromatic carbocycles. The highest BCUT2D eigenvalue weighted by Gasteiger charge is 2.33. The minimum atomic E-state index is 0.252. The first-order chi connectivity index (χ1) is 7.77. The van der Waals surface area contributed by atoms with Crippen LogP contribution in [0.5, 0.6) is 0 Å². The number of nitrogen functional groups attached to an aromatic ring is 1. The molecule has 2 nitrogen and oxygen atoms in total. The minimum absolute atomic E-state index is 0.252. The Labute approximate surface area is 104 Å². The van der Waals surface area contributed by atoms with Crippen LogP contribution in [0.15, 0.2) is 24.5 Å². The molecule has 0 fully saturated rings. The number of nitrogens with two attached hydrogens (primary N) is 1. The summed E-state index contributed by atoms with van der Waals surface area (Å²) in [5.41, 5.74) is 9.70. The van der Waals surface area contributed by atoms with E-state index in [4.69, 9.17) is 5.73 Å². The number of pyridine rings is 1. The molecule has 0 radical (unpaired) electrons. The lowest BCUT2D eigenvalue weighted by Crippen LogP contribution is -2.26. The van der Waals surface area contributed by atoms with Crippen molar-refractivity contribution in [2.45, 2.75) is 40.5 Å². The van der Waals surface area contributed by atoms with Crippen LogP contribution in [0.1, 0.15) is 46.1 Å². The summed E-state index contributed by atoms with van der Waals surface area (Å²) in [6, 6.07) is 2.02. The maximum absolute atomic E-state index is 5.81. The third kappa shape index (κ3) is 2.87. The van der Waals surface area contributed by atoms with Crippen molar-refractivity contribution in [3.63, 3.8) is 0 Å². The number of rotatable bonds is 1. The van der Waals surface area contributed by atoms with Crippen molar-refractivity contribution in [2.75, 3.05) is 5.73 Å². The molecule has 0 aliphatic heterocycles. The van der Waals surface area contributed by atoms with E-state index in [0.29, 0.717) is 5.41 Å². The van der Waals surface area contributed by atoms with Gasteiger partial charge in [0.2, 0.25) is 0 Å². The van der Waals surface area contributed by atoms with Crippen molar-refractivity contribution < 1.29 is 0 Å². The molecule has 0 amide bonds. The molecule has 0 saturated carbocycles. The summed E-state index contributed by atoms with van der Waals surface area (Å²) in [5, 5.41) is 0. The average molecular weight is 230 g/mol. The average Bonchev–Trinajstić information content (AvgIpc) is 2.12. The van der Waals surface area contributed by atoms with Crippen LogP contribution in [-0.4, -0.2) is 4.98 Å². The van der Waals surface area contributed by atoms with Gasteiger partial charge >= 0.3 is 0 Å². The van der Waals surface area contributed by atoms with Gasteiger partial charge in [0.25, 0.3) is 0 Å². The second kappa shape index (κ2) is 3.86. The van der Waals surface area contributed by atoms with Crippen molar-refractivity contribution in [1.82, 2.24) is 4.98 Å². The number of allylic oxidation sites excluding steroid dienone is 2. The Hall–Kier alpha value is -1.31. The van der Waals surface area contributed by atoms with E-state index in [1.807, 2.05) is 12.3 Å². The van der Waals surface area contributed by atoms with Gasteiger partial charge in [-0.3, -0.25) is 4.98 Å². The lowest BCUT2D eigenvalue weighted by atomic mass is 9.66. The highest BCUT2D eigenvalue weighted by atomic mass is 14.7. The van der Waals surface area contributed by atoms with E-state index in [1.54, 1.807) is 6.20 Å². The quantitative estimate of drug-likeness (QED) is 0.794. The Morgan fingerprint density at radius 1 is 1.18 bits per heavy atom. The summed E-state index contributed by atoms with van der Waals surface area (Å²) in [6.07, 6.45) is 8.32. The number of hydrogen-bond acceptors (Lipinski definition) is 2. The predicted molar refractivity (Wildman–Crippen MR) is 73.4 cm³/mol. The molecule has 1 aliphatic rings. The fourth-order valence-corrected chi connectivity index (χ4v) is 3.20. The van der Waals surface area contributed by atoms with Crippen molar-refractivity contribution >= 4 is 11.3 Å². The van der Waals surface area contributed by atoms with Crippen LogP contribution in [0.25, 0.3) is 5.57 Å². The number of hydrogen-bond donors (Lipinski definition) is 1. The standard InChI is InChI=1S/C15H22N2/c1-14(2)6-12(7-15(3,4)10-14)11-5-13(16)9-17-8-11/h5-6,8-9H,7,10,16H2,1-4H3. The maximum atomic E-state index is 5.81. The molecule has 1 aromatic rings. The monoisotopic (exact) mass is 230 g/mol. The highest BCUT2D eigenvalue weighted by molar-refractivity contribution is 5.69. The molecule has 1 heterocycles. The molecule has 1 aromatic heterocycles. The number of anilines is 1. The highest BCUT2D eigenvalue weighted by Crippen LogP contribution is 2.47. The third-order valence-corrected chi connectivity index (χ3v) is 3.30. The smallest absolute Gasteiger partial charge is 0.0506 e. The zero-order valence-corrected chi connectivity index (χ0v) is 11.2. The zero-order valence-electron chi connectivity index (χ0n) is 11.2. The Balaban J connectivity index is 2.41. The molecule has 0 atom stereocenters. The van der Waals surface area contributed by atoms with Crippen molar-refractivity contribution in [3.05, 3.63) is 30.1 Å². The Bertz CT molecular complexity index is 456. The maximum Gasteiger partial charge on any atom is 0.0506 e. The van der Waals surface area contributed by atoms with Gasteiger partial charge in [-0.15, -0.1) is 0 Å². The van der Waals surface area contributed by atoms with E-state index in [-0.39, 0.29) is 5.41 Å². The molecule has 2 N–H and O–H groups in total. The topological polar surface area (TPSA) is 38.9 Å². The van der Waals surface area contributed by atoms with Gasteiger partial charge in [-0.05, 0) is 40.9 Å². The van der Waals surface area contributed by atoms with Gasteiger partial charge in [-0.25, -0.2) is 0 Å². The van der Waals surface area contributed by atoms with E-state index >= 15 is 0 Å². The first-order valence-electron chi connectivity index (χ1n) is 6.20. The predicted octanol–water partition coefficient (Wildman–Crippen LogP) is 3.89. The van der Waals surface area contributed by atoms with E-state index in [2.05, 4.69) is 38.8 Å². The van der Waals surface area contributed by atoms with E-state index < -0.39 is 0 Å². The summed E-state index contributed by atoms with van der Waals surface area (Å²) in [6.45, 7) is 9.27. The van der Waals surface area contributed by atoms with Crippen molar-refractivity contribution in [3.8, 4) is 0 Å². The zero-order chi connectivity index (χ0) is 12.7. The van der Waals surface area contributed by atoms with Gasteiger partial charge in [0, 0.05) is 12.4 Å². The van der Waals surface area contributed by atoms with Gasteiger partial charge in [0.15, 0.2) is 0 Å². The van der Waals surface area contributed by atoms with Crippen LogP contribution in [0, 0.1) is 10.8 Å². The molecule has 1 aliphatic carbocycles. The molecule has 0 saturated heterocycles. The number of aromatic nitrogens is 1. The van der Waals surface area contributed by atoms with Gasteiger partial charge in [0.05, 0.1) is 5.69 Å². The number of nitrogens with zero attached hydrogens (tertiary/aromatic N) is 1. The van der Waals surface area contributed by atoms with E-state index in [1.165, 1.54) is 17.6 Å². The van der Waals surface area contributed by atoms with E-state index in [0.717, 1.165) is 12.1 Å². The van der Waals surface area contributed by atoms with Crippen LogP contribution < -0.4 is 5.73 Å². The Kier molecular flexibility index (Phi) is 2.76. The molecule has 0 spiro atoms. The van der Waals surface area contributed by atoms with Crippen molar-refractivity contribution in [1.29, 1.82) is 0 Å². The minimum Gasteiger partial charge on any atom is -0.397 e. The van der Waals surface area contributed by atoms with Gasteiger partial charge < -0.3 is 5.73 Å². The largest absolute Gasteiger partial charge is 0.397 e. The Morgan fingerprint density at radius 3 is 2.47 bits per heavy atom. The van der Waals surface area contributed by atoms with Gasteiger partial charge in [0.1, 0.15) is 0 Å². The van der Waals surface area contributed by atoms with Crippen LogP contribution >= 0.6 is 0 Å². The molecular weight excluding hydrogens is 208 g/mol. The lowest BCUT2D eigenvalue weighted by molar-refractivity contribution is 0.229. The second-order valence-electron chi connectivity index (χ2n) is 6.68. The molecule has 92 valence electrons. The fourth-order valence-electron chi connectivity index (χ4n) is 3.20. The first-order valence-corrected chi connectivity index (χ1v) is 6.20. The molecule has 2 heteroatoms. The molecule has 17 heavy (non-hydrogen) atoms. The summed E-state index contributed by atoms with van der Waals surface area (Å²) < 4.78 is 0. The fraction of sp³-hybridized carbons (Fsp3) is 0.533. The lowest BCUT2D eigenvalue weighted by Gasteiger charge is -2.39. The van der Waals surface area contributed by atoms with Gasteiger partial charge in [-0.2, -0.15) is 0 Å². The SMILES string of the molecule is CC1(C)C=C(c2cncc(N)c2)CC(C)(C)C1. The summed E-state index contributed by atoms with van der Waals surface area (Å²) in [5.74, 6) is 0. The molecule has 2 rings (SSSR count). The second-order valence-corrected chi connectivity index (χ2v) is 6.68. The van der Waals surface area contributed by atoms with Crippen LogP contribution in [0.2, 0.25) is 0 Å². The summed E-state index contributed by atoms with van der Waals surface area (Å²) in [7, 11) is 0. The van der Waals surface area contributed by atoms with Crippen LogP contribution in [-0.2, 0) is 0 Å². The van der Waals surface area contributed by atoms with E-state index in [9.17, 15) is 0 Å². The van der Waals surface area contributed by atoms with Gasteiger partial charge in [-0.1, -0.05) is 33.8 Å². The van der Waals surface area contributed by atoms with Crippen molar-refractivity contribution in [2.24, 2.45) is 10.8 Å². The summed E-state index contributed by atoms with van der Waals surface area (Å²) in [4.78, 5) is 4.19.